The third kappa shape index (κ3) is 1.80. The molecule has 5 aliphatic rings. The summed E-state index contributed by atoms with van der Waals surface area (Å²) in [6, 6.07) is 0. The van der Waals surface area contributed by atoms with Crippen LogP contribution in [0.2, 0.25) is 0 Å². The quantitative estimate of drug-likeness (QED) is 0.767. The maximum absolute atomic E-state index is 13.0. The van der Waals surface area contributed by atoms with Gasteiger partial charge < -0.3 is 4.74 Å². The summed E-state index contributed by atoms with van der Waals surface area (Å²) in [5.74, 6) is 2.67. The third-order valence-corrected chi connectivity index (χ3v) is 7.63. The van der Waals surface area contributed by atoms with Crippen LogP contribution in [0.3, 0.4) is 0 Å². The maximum atomic E-state index is 13.0. The van der Waals surface area contributed by atoms with Gasteiger partial charge in [0.05, 0.1) is 18.0 Å². The van der Waals surface area contributed by atoms with E-state index in [9.17, 15) is 4.21 Å². The summed E-state index contributed by atoms with van der Waals surface area (Å²) in [5, 5.41) is 0. The third-order valence-electron chi connectivity index (χ3n) is 5.56. The van der Waals surface area contributed by atoms with E-state index in [4.69, 9.17) is 4.74 Å². The van der Waals surface area contributed by atoms with Crippen molar-refractivity contribution in [1.29, 1.82) is 0 Å². The minimum absolute atomic E-state index is 0.159. The number of nitrogens with zero attached hydrogens (tertiary/aromatic N) is 1. The van der Waals surface area contributed by atoms with Gasteiger partial charge in [0.1, 0.15) is 11.0 Å². The molecule has 5 rings (SSSR count). The summed E-state index contributed by atoms with van der Waals surface area (Å²) >= 11 is 0. The number of rotatable bonds is 2. The van der Waals surface area contributed by atoms with E-state index in [1.807, 2.05) is 0 Å². The topological polar surface area (TPSA) is 29.5 Å². The van der Waals surface area contributed by atoms with Crippen molar-refractivity contribution in [2.75, 3.05) is 26.3 Å². The largest absolute Gasteiger partial charge is 0.379 e. The van der Waals surface area contributed by atoms with Crippen LogP contribution in [0, 0.1) is 17.8 Å². The second-order valence-electron chi connectivity index (χ2n) is 6.89. The van der Waals surface area contributed by atoms with E-state index in [0.29, 0.717) is 0 Å². The van der Waals surface area contributed by atoms with Crippen molar-refractivity contribution in [3.05, 3.63) is 0 Å². The van der Waals surface area contributed by atoms with Gasteiger partial charge in [0.25, 0.3) is 0 Å². The summed E-state index contributed by atoms with van der Waals surface area (Å²) in [4.78, 5) is 0. The van der Waals surface area contributed by atoms with Gasteiger partial charge in [-0.15, -0.1) is 0 Å². The average Bonchev–Trinajstić information content (AvgIpc) is 2.37. The van der Waals surface area contributed by atoms with Crippen molar-refractivity contribution in [1.82, 2.24) is 4.31 Å². The molecule has 4 bridgehead atoms. The van der Waals surface area contributed by atoms with Crippen LogP contribution in [0.5, 0.6) is 0 Å². The fourth-order valence-corrected chi connectivity index (χ4v) is 7.39. The highest BCUT2D eigenvalue weighted by Crippen LogP contribution is 2.58. The van der Waals surface area contributed by atoms with Gasteiger partial charge >= 0.3 is 0 Å². The second-order valence-corrected chi connectivity index (χ2v) is 8.77. The smallest absolute Gasteiger partial charge is 0.101 e. The molecular weight excluding hydrogens is 246 g/mol. The number of morpholine rings is 1. The number of hydrogen-bond donors (Lipinski definition) is 0. The van der Waals surface area contributed by atoms with Crippen LogP contribution in [0.15, 0.2) is 0 Å². The summed E-state index contributed by atoms with van der Waals surface area (Å²) in [7, 11) is -0.758. The highest BCUT2D eigenvalue weighted by molar-refractivity contribution is 7.84. The molecule has 4 aliphatic carbocycles. The lowest BCUT2D eigenvalue weighted by Crippen LogP contribution is -2.57. The lowest BCUT2D eigenvalue weighted by Gasteiger charge is -2.56. The summed E-state index contributed by atoms with van der Waals surface area (Å²) in [6.45, 7) is 3.26. The predicted octanol–water partition coefficient (Wildman–Crippen LogP) is 1.95. The molecule has 0 aromatic carbocycles. The molecule has 4 heteroatoms. The zero-order valence-electron chi connectivity index (χ0n) is 11.0. The molecule has 1 aliphatic heterocycles. The Morgan fingerprint density at radius 3 is 1.94 bits per heavy atom. The van der Waals surface area contributed by atoms with Gasteiger partial charge in [0.2, 0.25) is 0 Å². The molecule has 1 atom stereocenters. The minimum atomic E-state index is -0.758. The van der Waals surface area contributed by atoms with Crippen LogP contribution in [0.25, 0.3) is 0 Å². The Hall–Kier alpha value is 0.0700. The van der Waals surface area contributed by atoms with Crippen molar-refractivity contribution in [3.8, 4) is 0 Å². The Morgan fingerprint density at radius 2 is 1.44 bits per heavy atom. The first kappa shape index (κ1) is 11.9. The first-order chi connectivity index (χ1) is 8.75. The van der Waals surface area contributed by atoms with Crippen molar-refractivity contribution in [2.24, 2.45) is 17.8 Å². The molecule has 0 aromatic heterocycles. The fraction of sp³-hybridized carbons (Fsp3) is 1.00. The Kier molecular flexibility index (Phi) is 2.82. The van der Waals surface area contributed by atoms with Gasteiger partial charge in [-0.1, -0.05) is 0 Å². The van der Waals surface area contributed by atoms with Crippen LogP contribution in [-0.4, -0.2) is 39.6 Å². The number of ether oxygens (including phenoxy) is 1. The molecule has 0 aromatic rings. The van der Waals surface area contributed by atoms with E-state index in [1.54, 1.807) is 0 Å². The maximum Gasteiger partial charge on any atom is 0.101 e. The summed E-state index contributed by atoms with van der Waals surface area (Å²) in [5.41, 5.74) is 0. The molecule has 1 unspecified atom stereocenters. The normalized spacial score (nSPS) is 49.4. The van der Waals surface area contributed by atoms with E-state index in [0.717, 1.165) is 44.1 Å². The Bertz CT molecular complexity index is 330. The van der Waals surface area contributed by atoms with Gasteiger partial charge in [-0.05, 0) is 56.3 Å². The van der Waals surface area contributed by atoms with E-state index < -0.39 is 11.0 Å². The van der Waals surface area contributed by atoms with Gasteiger partial charge in [-0.2, -0.15) is 0 Å². The molecule has 102 valence electrons. The zero-order valence-corrected chi connectivity index (χ0v) is 11.8. The summed E-state index contributed by atoms with van der Waals surface area (Å²) < 4.78 is 20.8. The highest BCUT2D eigenvalue weighted by Gasteiger charge is 2.55. The van der Waals surface area contributed by atoms with Crippen LogP contribution in [-0.2, 0) is 15.7 Å². The lowest BCUT2D eigenvalue weighted by molar-refractivity contribution is 0.0299. The van der Waals surface area contributed by atoms with Crippen molar-refractivity contribution >= 4 is 11.0 Å². The summed E-state index contributed by atoms with van der Waals surface area (Å²) in [6.07, 6.45) is 8.01. The van der Waals surface area contributed by atoms with Crippen LogP contribution in [0.1, 0.15) is 38.5 Å². The zero-order chi connectivity index (χ0) is 12.2. The van der Waals surface area contributed by atoms with Gasteiger partial charge in [-0.25, -0.2) is 8.51 Å². The van der Waals surface area contributed by atoms with E-state index in [1.165, 1.54) is 38.5 Å². The molecule has 18 heavy (non-hydrogen) atoms. The van der Waals surface area contributed by atoms with Crippen LogP contribution < -0.4 is 0 Å². The monoisotopic (exact) mass is 269 g/mol. The first-order valence-electron chi connectivity index (χ1n) is 7.50. The van der Waals surface area contributed by atoms with E-state index in [-0.39, 0.29) is 4.75 Å². The molecule has 0 N–H and O–H groups in total. The molecule has 0 amide bonds. The van der Waals surface area contributed by atoms with Gasteiger partial charge in [-0.3, -0.25) is 0 Å². The fourth-order valence-electron chi connectivity index (χ4n) is 5.23. The molecule has 1 saturated heterocycles. The molecule has 4 saturated carbocycles. The molecular formula is C14H23NO2S. The van der Waals surface area contributed by atoms with Gasteiger partial charge in [0.15, 0.2) is 0 Å². The Morgan fingerprint density at radius 1 is 0.944 bits per heavy atom. The van der Waals surface area contributed by atoms with E-state index in [2.05, 4.69) is 4.31 Å². The SMILES string of the molecule is O=S(N1CCOCC1)C12CC3CC(CC(C3)C1)C2. The Labute approximate surface area is 112 Å². The average molecular weight is 269 g/mol. The van der Waals surface area contributed by atoms with Crippen LogP contribution >= 0.6 is 0 Å². The second kappa shape index (κ2) is 4.29. The molecule has 3 nitrogen and oxygen atoms in total. The van der Waals surface area contributed by atoms with Crippen molar-refractivity contribution in [2.45, 2.75) is 43.3 Å². The van der Waals surface area contributed by atoms with E-state index >= 15 is 0 Å². The van der Waals surface area contributed by atoms with Crippen molar-refractivity contribution in [3.63, 3.8) is 0 Å². The molecule has 0 spiro atoms. The van der Waals surface area contributed by atoms with Gasteiger partial charge in [0, 0.05) is 13.1 Å². The molecule has 5 fully saturated rings. The predicted molar refractivity (Wildman–Crippen MR) is 71.4 cm³/mol. The van der Waals surface area contributed by atoms with Crippen LogP contribution in [0.4, 0.5) is 0 Å². The van der Waals surface area contributed by atoms with Crippen molar-refractivity contribution < 1.29 is 8.95 Å². The molecule has 0 radical (unpaired) electrons. The highest BCUT2D eigenvalue weighted by atomic mass is 32.2. The Balaban J connectivity index is 1.57. The first-order valence-corrected chi connectivity index (χ1v) is 8.60. The standard InChI is InChI=1S/C14H23NO2S/c16-18(15-1-3-17-4-2-15)14-8-11-5-12(9-14)7-13(6-11)10-14/h11-13H,1-10H2. The molecule has 1 heterocycles. The lowest BCUT2D eigenvalue weighted by atomic mass is 9.56. The number of hydrogen-bond acceptors (Lipinski definition) is 2. The minimum Gasteiger partial charge on any atom is -0.379 e.